The molecule has 1 saturated heterocycles. The first-order valence-electron chi connectivity index (χ1n) is 9.76. The Morgan fingerprint density at radius 3 is 2.87 bits per heavy atom. The van der Waals surface area contributed by atoms with Gasteiger partial charge in [-0.3, -0.25) is 19.3 Å². The van der Waals surface area contributed by atoms with Gasteiger partial charge in [0.15, 0.2) is 0 Å². The lowest BCUT2D eigenvalue weighted by atomic mass is 10.1. The summed E-state index contributed by atoms with van der Waals surface area (Å²) in [5.74, 6) is -4.01. The predicted octanol–water partition coefficient (Wildman–Crippen LogP) is 2.91. The van der Waals surface area contributed by atoms with Crippen LogP contribution in [0.1, 0.15) is 39.4 Å². The van der Waals surface area contributed by atoms with Gasteiger partial charge in [0, 0.05) is 23.7 Å². The van der Waals surface area contributed by atoms with E-state index < -0.39 is 30.4 Å². The Morgan fingerprint density at radius 2 is 2.16 bits per heavy atom. The molecule has 162 valence electrons. The Balaban J connectivity index is 1.66. The maximum Gasteiger partial charge on any atom is 0.274 e. The smallest absolute Gasteiger partial charge is 0.274 e. The molecule has 2 aromatic heterocycles. The number of hydrogen-bond donors (Lipinski definition) is 2. The number of fused-ring (bicyclic) bond motifs is 1. The van der Waals surface area contributed by atoms with Crippen molar-refractivity contribution in [3.8, 4) is 0 Å². The van der Waals surface area contributed by atoms with E-state index in [4.69, 9.17) is 10.5 Å². The number of primary amides is 1. The zero-order valence-corrected chi connectivity index (χ0v) is 16.8. The number of carbonyl (C=O) groups is 2. The summed E-state index contributed by atoms with van der Waals surface area (Å²) in [7, 11) is 0. The number of pyridine rings is 1. The van der Waals surface area contributed by atoms with E-state index in [1.54, 1.807) is 6.07 Å². The summed E-state index contributed by atoms with van der Waals surface area (Å²) in [5, 5.41) is 7.91. The number of rotatable bonds is 5. The van der Waals surface area contributed by atoms with Gasteiger partial charge in [0.1, 0.15) is 18.0 Å². The molecule has 2 amide bonds. The minimum absolute atomic E-state index is 0.0172. The highest BCUT2D eigenvalue weighted by molar-refractivity contribution is 6.12. The molecule has 1 aliphatic heterocycles. The van der Waals surface area contributed by atoms with Gasteiger partial charge in [-0.15, -0.1) is 0 Å². The summed E-state index contributed by atoms with van der Waals surface area (Å²) in [5.41, 5.74) is 7.40. The highest BCUT2D eigenvalue weighted by Crippen LogP contribution is 2.30. The van der Waals surface area contributed by atoms with E-state index in [-0.39, 0.29) is 30.8 Å². The van der Waals surface area contributed by atoms with Gasteiger partial charge in [-0.25, -0.2) is 8.78 Å². The van der Waals surface area contributed by atoms with Crippen molar-refractivity contribution >= 4 is 28.4 Å². The quantitative estimate of drug-likeness (QED) is 0.648. The van der Waals surface area contributed by atoms with Gasteiger partial charge in [0.2, 0.25) is 0 Å². The molecule has 31 heavy (non-hydrogen) atoms. The van der Waals surface area contributed by atoms with Gasteiger partial charge in [-0.05, 0) is 31.0 Å². The first kappa shape index (κ1) is 20.9. The van der Waals surface area contributed by atoms with E-state index in [2.05, 4.69) is 15.4 Å². The molecule has 3 N–H and O–H groups in total. The van der Waals surface area contributed by atoms with Crippen LogP contribution in [-0.2, 0) is 11.3 Å². The molecule has 8 nitrogen and oxygen atoms in total. The average Bonchev–Trinajstić information content (AvgIpc) is 3.09. The van der Waals surface area contributed by atoms with Crippen molar-refractivity contribution in [2.45, 2.75) is 38.3 Å². The molecule has 0 bridgehead atoms. The van der Waals surface area contributed by atoms with Crippen molar-refractivity contribution < 1.29 is 23.1 Å². The number of ether oxygens (including phenoxy) is 1. The van der Waals surface area contributed by atoms with Crippen LogP contribution in [0, 0.1) is 6.92 Å². The number of carbonyl (C=O) groups excluding carboxylic acids is 2. The number of hydrogen-bond acceptors (Lipinski definition) is 5. The predicted molar refractivity (Wildman–Crippen MR) is 109 cm³/mol. The maximum absolute atomic E-state index is 13.4. The second-order valence-electron chi connectivity index (χ2n) is 7.58. The van der Waals surface area contributed by atoms with Crippen LogP contribution in [0.15, 0.2) is 36.5 Å². The van der Waals surface area contributed by atoms with Crippen molar-refractivity contribution in [2.24, 2.45) is 5.73 Å². The van der Waals surface area contributed by atoms with Crippen LogP contribution in [0.5, 0.6) is 0 Å². The molecule has 0 saturated carbocycles. The SMILES string of the molecule is Cc1cccc2c(C(=O)Nc3ccnc(C(N)=O)c3)n(CC3CCC(F)(F)CO3)nc12. The summed E-state index contributed by atoms with van der Waals surface area (Å²) in [6, 6.07) is 8.38. The van der Waals surface area contributed by atoms with Crippen LogP contribution in [-0.4, -0.2) is 45.2 Å². The lowest BCUT2D eigenvalue weighted by molar-refractivity contribution is -0.147. The molecule has 0 aliphatic carbocycles. The Bertz CT molecular complexity index is 1150. The molecule has 0 radical (unpaired) electrons. The third-order valence-corrected chi connectivity index (χ3v) is 5.20. The average molecular weight is 429 g/mol. The number of nitrogens with one attached hydrogen (secondary N) is 1. The van der Waals surface area contributed by atoms with Gasteiger partial charge in [-0.2, -0.15) is 5.10 Å². The molecule has 1 atom stereocenters. The Labute approximate surface area is 176 Å². The number of halogens is 2. The van der Waals surface area contributed by atoms with Gasteiger partial charge >= 0.3 is 0 Å². The van der Waals surface area contributed by atoms with E-state index in [9.17, 15) is 18.4 Å². The third kappa shape index (κ3) is 4.38. The van der Waals surface area contributed by atoms with E-state index >= 15 is 0 Å². The summed E-state index contributed by atoms with van der Waals surface area (Å²) < 4.78 is 33.7. The number of nitrogens with two attached hydrogens (primary N) is 1. The van der Waals surface area contributed by atoms with Crippen molar-refractivity contribution in [3.05, 3.63) is 53.5 Å². The fourth-order valence-electron chi connectivity index (χ4n) is 3.60. The van der Waals surface area contributed by atoms with Crippen molar-refractivity contribution in [3.63, 3.8) is 0 Å². The number of amides is 2. The molecule has 0 spiro atoms. The fraction of sp³-hybridized carbons (Fsp3) is 0.333. The molecule has 1 aliphatic rings. The fourth-order valence-corrected chi connectivity index (χ4v) is 3.60. The van der Waals surface area contributed by atoms with Gasteiger partial charge in [-0.1, -0.05) is 18.2 Å². The number of benzene rings is 1. The van der Waals surface area contributed by atoms with Crippen molar-refractivity contribution in [2.75, 3.05) is 11.9 Å². The summed E-state index contributed by atoms with van der Waals surface area (Å²) in [4.78, 5) is 28.4. The monoisotopic (exact) mass is 429 g/mol. The minimum Gasteiger partial charge on any atom is -0.370 e. The zero-order valence-electron chi connectivity index (χ0n) is 16.8. The standard InChI is InChI=1S/C21H21F2N5O3/c1-12-3-2-4-15-17(12)27-28(10-14-5-7-21(22,23)11-31-14)18(15)20(30)26-13-6-8-25-16(9-13)19(24)29/h2-4,6,8-9,14H,5,7,10-11H2,1H3,(H2,24,29)(H,25,26,30). The molecule has 1 unspecified atom stereocenters. The largest absolute Gasteiger partial charge is 0.370 e. The molecule has 10 heteroatoms. The first-order chi connectivity index (χ1) is 14.7. The van der Waals surface area contributed by atoms with Crippen LogP contribution < -0.4 is 11.1 Å². The van der Waals surface area contributed by atoms with Crippen LogP contribution in [0.2, 0.25) is 0 Å². The molecule has 1 fully saturated rings. The maximum atomic E-state index is 13.4. The number of aryl methyl sites for hydroxylation is 1. The number of anilines is 1. The Hall–Kier alpha value is -3.40. The molecular formula is C21H21F2N5O3. The van der Waals surface area contributed by atoms with E-state index in [1.807, 2.05) is 19.1 Å². The van der Waals surface area contributed by atoms with E-state index in [0.29, 0.717) is 16.6 Å². The topological polar surface area (TPSA) is 112 Å². The highest BCUT2D eigenvalue weighted by Gasteiger charge is 2.36. The van der Waals surface area contributed by atoms with Gasteiger partial charge < -0.3 is 15.8 Å². The summed E-state index contributed by atoms with van der Waals surface area (Å²) in [6.07, 6.45) is 0.774. The van der Waals surface area contributed by atoms with Crippen molar-refractivity contribution in [1.82, 2.24) is 14.8 Å². The molecule has 3 heterocycles. The van der Waals surface area contributed by atoms with Crippen LogP contribution in [0.4, 0.5) is 14.5 Å². The number of nitrogens with zero attached hydrogens (tertiary/aromatic N) is 3. The normalized spacial score (nSPS) is 18.1. The van der Waals surface area contributed by atoms with Crippen LogP contribution >= 0.6 is 0 Å². The first-order valence-corrected chi connectivity index (χ1v) is 9.76. The molecule has 1 aromatic carbocycles. The van der Waals surface area contributed by atoms with Gasteiger partial charge in [0.25, 0.3) is 17.7 Å². The van der Waals surface area contributed by atoms with Crippen molar-refractivity contribution in [1.29, 1.82) is 0 Å². The molecular weight excluding hydrogens is 408 g/mol. The third-order valence-electron chi connectivity index (χ3n) is 5.20. The van der Waals surface area contributed by atoms with E-state index in [1.165, 1.54) is 23.0 Å². The summed E-state index contributed by atoms with van der Waals surface area (Å²) >= 11 is 0. The lowest BCUT2D eigenvalue weighted by Gasteiger charge is -2.28. The number of alkyl halides is 2. The lowest BCUT2D eigenvalue weighted by Crippen LogP contribution is -2.37. The Morgan fingerprint density at radius 1 is 1.35 bits per heavy atom. The summed E-state index contributed by atoms with van der Waals surface area (Å²) in [6.45, 7) is 1.39. The van der Waals surface area contributed by atoms with Crippen LogP contribution in [0.25, 0.3) is 10.9 Å². The number of aromatic nitrogens is 3. The highest BCUT2D eigenvalue weighted by atomic mass is 19.3. The molecule has 4 rings (SSSR count). The molecule has 3 aromatic rings. The Kier molecular flexibility index (Phi) is 5.40. The van der Waals surface area contributed by atoms with Crippen LogP contribution in [0.3, 0.4) is 0 Å². The second-order valence-corrected chi connectivity index (χ2v) is 7.58. The van der Waals surface area contributed by atoms with E-state index in [0.717, 1.165) is 5.56 Å². The minimum atomic E-state index is -2.83. The van der Waals surface area contributed by atoms with Gasteiger partial charge in [0.05, 0.1) is 18.2 Å². The zero-order chi connectivity index (χ0) is 22.2. The second kappa shape index (κ2) is 8.03.